The molecule has 0 saturated heterocycles. The number of hydrogen-bond donors (Lipinski definition) is 2. The minimum Gasteiger partial charge on any atom is -0.378 e. The number of nitrogens with two attached hydrogens (primary N) is 1. The standard InChI is InChI=1S/C13H10BrFN8O2/c1-6-10(18-22-23(6)12-11(16)20-25-21-12)13(24)19-17-5-7-2-3-9(15)8(14)4-7/h2-5H,1H3,(H2,16,20)(H,19,24)/b17-5-. The molecule has 3 rings (SSSR count). The zero-order valence-corrected chi connectivity index (χ0v) is 14.2. The molecule has 3 aromatic rings. The molecule has 0 bridgehead atoms. The Kier molecular flexibility index (Phi) is 4.52. The number of carbonyl (C=O) groups is 1. The average Bonchev–Trinajstić information content (AvgIpc) is 3.16. The number of nitrogen functional groups attached to an aromatic ring is 1. The van der Waals surface area contributed by atoms with Crippen molar-refractivity contribution in [3.05, 3.63) is 45.4 Å². The largest absolute Gasteiger partial charge is 0.378 e. The van der Waals surface area contributed by atoms with Gasteiger partial charge in [0.2, 0.25) is 11.6 Å². The number of halogens is 2. The third-order valence-corrected chi connectivity index (χ3v) is 3.74. The zero-order valence-electron chi connectivity index (χ0n) is 12.6. The van der Waals surface area contributed by atoms with Crippen molar-refractivity contribution in [1.82, 2.24) is 30.7 Å². The highest BCUT2D eigenvalue weighted by Gasteiger charge is 2.20. The van der Waals surface area contributed by atoms with Crippen LogP contribution in [0.3, 0.4) is 0 Å². The number of nitrogens with one attached hydrogen (secondary N) is 1. The van der Waals surface area contributed by atoms with E-state index in [4.69, 9.17) is 5.73 Å². The predicted octanol–water partition coefficient (Wildman–Crippen LogP) is 1.21. The van der Waals surface area contributed by atoms with E-state index in [0.717, 1.165) is 0 Å². The summed E-state index contributed by atoms with van der Waals surface area (Å²) in [7, 11) is 0. The summed E-state index contributed by atoms with van der Waals surface area (Å²) in [6.07, 6.45) is 1.36. The number of hydrogen-bond acceptors (Lipinski definition) is 8. The van der Waals surface area contributed by atoms with Crippen LogP contribution in [0, 0.1) is 12.7 Å². The van der Waals surface area contributed by atoms with E-state index < -0.39 is 11.7 Å². The van der Waals surface area contributed by atoms with Gasteiger partial charge in [-0.2, -0.15) is 9.78 Å². The smallest absolute Gasteiger partial charge is 0.293 e. The second kappa shape index (κ2) is 6.76. The molecule has 1 aromatic carbocycles. The quantitative estimate of drug-likeness (QED) is 0.488. The molecular weight excluding hydrogens is 399 g/mol. The summed E-state index contributed by atoms with van der Waals surface area (Å²) in [6, 6.07) is 4.31. The average molecular weight is 409 g/mol. The third kappa shape index (κ3) is 3.38. The van der Waals surface area contributed by atoms with Crippen LogP contribution in [0.5, 0.6) is 0 Å². The Morgan fingerprint density at radius 1 is 1.48 bits per heavy atom. The van der Waals surface area contributed by atoms with E-state index in [0.29, 0.717) is 15.7 Å². The molecule has 3 N–H and O–H groups in total. The van der Waals surface area contributed by atoms with E-state index in [-0.39, 0.29) is 17.3 Å². The summed E-state index contributed by atoms with van der Waals surface area (Å²) in [4.78, 5) is 12.1. The van der Waals surface area contributed by atoms with Crippen LogP contribution in [0.15, 0.2) is 32.4 Å². The van der Waals surface area contributed by atoms with Crippen molar-refractivity contribution in [3.63, 3.8) is 0 Å². The van der Waals surface area contributed by atoms with Gasteiger partial charge in [-0.1, -0.05) is 11.3 Å². The second-order valence-electron chi connectivity index (χ2n) is 4.78. The fourth-order valence-corrected chi connectivity index (χ4v) is 2.29. The van der Waals surface area contributed by atoms with Crippen LogP contribution in [0.1, 0.15) is 21.7 Å². The van der Waals surface area contributed by atoms with Gasteiger partial charge >= 0.3 is 0 Å². The highest BCUT2D eigenvalue weighted by Crippen LogP contribution is 2.16. The van der Waals surface area contributed by atoms with E-state index in [1.54, 1.807) is 6.92 Å². The molecule has 0 aliphatic heterocycles. The van der Waals surface area contributed by atoms with Gasteiger partial charge in [0.1, 0.15) is 5.82 Å². The van der Waals surface area contributed by atoms with E-state index in [1.165, 1.54) is 29.1 Å². The number of benzene rings is 1. The van der Waals surface area contributed by atoms with Gasteiger partial charge in [-0.3, -0.25) is 4.79 Å². The van der Waals surface area contributed by atoms with Crippen LogP contribution in [-0.2, 0) is 0 Å². The first-order valence-corrected chi connectivity index (χ1v) is 7.56. The Morgan fingerprint density at radius 2 is 2.28 bits per heavy atom. The van der Waals surface area contributed by atoms with Crippen molar-refractivity contribution in [3.8, 4) is 5.82 Å². The molecule has 10 nitrogen and oxygen atoms in total. The molecule has 2 heterocycles. The van der Waals surface area contributed by atoms with Gasteiger partial charge in [0.25, 0.3) is 5.91 Å². The number of carbonyl (C=O) groups excluding carboxylic acids is 1. The number of aromatic nitrogens is 5. The summed E-state index contributed by atoms with van der Waals surface area (Å²) in [5, 5.41) is 18.4. The molecule has 2 aromatic heterocycles. The lowest BCUT2D eigenvalue weighted by Gasteiger charge is -1.99. The van der Waals surface area contributed by atoms with Crippen molar-refractivity contribution >= 4 is 33.9 Å². The lowest BCUT2D eigenvalue weighted by Crippen LogP contribution is -2.19. The maximum absolute atomic E-state index is 13.2. The van der Waals surface area contributed by atoms with Gasteiger partial charge in [-0.25, -0.2) is 14.4 Å². The van der Waals surface area contributed by atoms with Crippen LogP contribution in [0.2, 0.25) is 0 Å². The van der Waals surface area contributed by atoms with Crippen LogP contribution in [0.25, 0.3) is 5.82 Å². The molecule has 0 spiro atoms. The number of nitrogens with zero attached hydrogens (tertiary/aromatic N) is 6. The maximum Gasteiger partial charge on any atom is 0.293 e. The molecule has 0 fully saturated rings. The Hall–Kier alpha value is -3.15. The molecule has 12 heteroatoms. The molecular formula is C13H10BrFN8O2. The van der Waals surface area contributed by atoms with Crippen LogP contribution in [-0.4, -0.2) is 37.4 Å². The SMILES string of the molecule is Cc1c(C(=O)N/N=C\c2ccc(F)c(Br)c2)nnn1-c1nonc1N. The van der Waals surface area contributed by atoms with Gasteiger partial charge in [0, 0.05) is 0 Å². The number of hydrazone groups is 1. The van der Waals surface area contributed by atoms with Gasteiger partial charge in [-0.05, 0) is 50.9 Å². The van der Waals surface area contributed by atoms with Gasteiger partial charge in [0.15, 0.2) is 5.69 Å². The molecule has 1 amide bonds. The summed E-state index contributed by atoms with van der Waals surface area (Å²) < 4.78 is 19.2. The maximum atomic E-state index is 13.2. The normalized spacial score (nSPS) is 11.2. The number of amides is 1. The summed E-state index contributed by atoms with van der Waals surface area (Å²) in [5.74, 6) is -0.838. The molecule has 0 aliphatic rings. The van der Waals surface area contributed by atoms with E-state index in [9.17, 15) is 9.18 Å². The lowest BCUT2D eigenvalue weighted by molar-refractivity contribution is 0.0949. The van der Waals surface area contributed by atoms with Gasteiger partial charge in [0.05, 0.1) is 16.4 Å². The highest BCUT2D eigenvalue weighted by molar-refractivity contribution is 9.10. The van der Waals surface area contributed by atoms with E-state index >= 15 is 0 Å². The first kappa shape index (κ1) is 16.7. The Labute approximate surface area is 148 Å². The van der Waals surface area contributed by atoms with Crippen molar-refractivity contribution in [2.75, 3.05) is 5.73 Å². The highest BCUT2D eigenvalue weighted by atomic mass is 79.9. The number of rotatable bonds is 4. The summed E-state index contributed by atoms with van der Waals surface area (Å²) in [5.41, 5.74) is 8.89. The van der Waals surface area contributed by atoms with Crippen molar-refractivity contribution in [2.45, 2.75) is 6.92 Å². The van der Waals surface area contributed by atoms with Crippen LogP contribution >= 0.6 is 15.9 Å². The lowest BCUT2D eigenvalue weighted by atomic mass is 10.2. The zero-order chi connectivity index (χ0) is 18.0. The van der Waals surface area contributed by atoms with Crippen molar-refractivity contribution < 1.29 is 13.8 Å². The van der Waals surface area contributed by atoms with E-state index in [1.807, 2.05) is 0 Å². The van der Waals surface area contributed by atoms with Crippen LogP contribution in [0.4, 0.5) is 10.2 Å². The Balaban J connectivity index is 1.74. The molecule has 0 aliphatic carbocycles. The number of anilines is 1. The minimum absolute atomic E-state index is 0.0138. The Bertz CT molecular complexity index is 967. The van der Waals surface area contributed by atoms with Crippen molar-refractivity contribution in [1.29, 1.82) is 0 Å². The predicted molar refractivity (Wildman–Crippen MR) is 87.5 cm³/mol. The topological polar surface area (TPSA) is 137 Å². The molecule has 0 unspecified atom stereocenters. The molecule has 0 saturated carbocycles. The first-order chi connectivity index (χ1) is 12.0. The molecule has 25 heavy (non-hydrogen) atoms. The van der Waals surface area contributed by atoms with Gasteiger partial charge in [-0.15, -0.1) is 5.10 Å². The molecule has 128 valence electrons. The fourth-order valence-electron chi connectivity index (χ4n) is 1.89. The van der Waals surface area contributed by atoms with Crippen LogP contribution < -0.4 is 11.2 Å². The molecule has 0 radical (unpaired) electrons. The summed E-state index contributed by atoms with van der Waals surface area (Å²) >= 11 is 3.07. The summed E-state index contributed by atoms with van der Waals surface area (Å²) in [6.45, 7) is 1.60. The third-order valence-electron chi connectivity index (χ3n) is 3.13. The van der Waals surface area contributed by atoms with E-state index in [2.05, 4.69) is 51.7 Å². The first-order valence-electron chi connectivity index (χ1n) is 6.76. The van der Waals surface area contributed by atoms with Gasteiger partial charge < -0.3 is 5.73 Å². The van der Waals surface area contributed by atoms with Crippen molar-refractivity contribution in [2.24, 2.45) is 5.10 Å². The minimum atomic E-state index is -0.587. The monoisotopic (exact) mass is 408 g/mol. The fraction of sp³-hybridized carbons (Fsp3) is 0.0769. The molecule has 0 atom stereocenters. The second-order valence-corrected chi connectivity index (χ2v) is 5.64. The Morgan fingerprint density at radius 3 is 2.96 bits per heavy atom.